The topological polar surface area (TPSA) is 93.9 Å². The van der Waals surface area contributed by atoms with Gasteiger partial charge in [-0.2, -0.15) is 10.2 Å². The summed E-state index contributed by atoms with van der Waals surface area (Å²) in [4.78, 5) is 8.51. The Balaban J connectivity index is 1.68. The summed E-state index contributed by atoms with van der Waals surface area (Å²) in [7, 11) is 0. The second-order valence-electron chi connectivity index (χ2n) is 8.06. The van der Waals surface area contributed by atoms with E-state index in [1.807, 2.05) is 13.8 Å². The average molecular weight is 401 g/mol. The first-order valence-electron chi connectivity index (χ1n) is 9.54. The minimum Gasteiger partial charge on any atom is -0.392 e. The molecule has 8 heteroatoms. The molecule has 154 valence electrons. The van der Waals surface area contributed by atoms with Gasteiger partial charge in [-0.1, -0.05) is 38.1 Å². The summed E-state index contributed by atoms with van der Waals surface area (Å²) in [5, 5.41) is 25.5. The number of nitrogens with zero attached hydrogens (tertiary/aromatic N) is 3. The van der Waals surface area contributed by atoms with Crippen LogP contribution in [-0.4, -0.2) is 33.8 Å². The van der Waals surface area contributed by atoms with E-state index in [0.717, 1.165) is 6.92 Å². The van der Waals surface area contributed by atoms with Gasteiger partial charge in [0.1, 0.15) is 17.5 Å². The van der Waals surface area contributed by atoms with Crippen LogP contribution in [0.25, 0.3) is 0 Å². The standard InChI is InChI=1S/C21H25F2N5O/c1-20(2)16(10-17(20)29)27-18-14(11-24)12-26-19(28-18)25-9-8-13-6-4-5-7-15(13)21(3,22)23/h4-7,12,16-17,29H,8-10H2,1-3H3,(H2,25,26,27,28)/t16-,17+/m1/s1. The number of aliphatic hydroxyl groups excluding tert-OH is 1. The molecule has 29 heavy (non-hydrogen) atoms. The zero-order valence-corrected chi connectivity index (χ0v) is 16.7. The van der Waals surface area contributed by atoms with Crippen molar-refractivity contribution in [3.05, 3.63) is 47.2 Å². The highest BCUT2D eigenvalue weighted by Gasteiger charge is 2.47. The molecular weight excluding hydrogens is 376 g/mol. The number of aromatic nitrogens is 2. The number of aliphatic hydroxyl groups is 1. The van der Waals surface area contributed by atoms with Crippen molar-refractivity contribution in [1.82, 2.24) is 9.97 Å². The van der Waals surface area contributed by atoms with Crippen LogP contribution in [0.4, 0.5) is 20.5 Å². The van der Waals surface area contributed by atoms with Crippen LogP contribution in [0.1, 0.15) is 43.9 Å². The molecule has 1 fully saturated rings. The van der Waals surface area contributed by atoms with Crippen molar-refractivity contribution in [2.24, 2.45) is 5.41 Å². The van der Waals surface area contributed by atoms with E-state index in [-0.39, 0.29) is 17.0 Å². The van der Waals surface area contributed by atoms with Gasteiger partial charge in [-0.05, 0) is 18.4 Å². The van der Waals surface area contributed by atoms with Gasteiger partial charge in [0, 0.05) is 30.5 Å². The first-order chi connectivity index (χ1) is 13.6. The molecule has 1 aliphatic carbocycles. The zero-order valence-electron chi connectivity index (χ0n) is 16.7. The maximum absolute atomic E-state index is 13.8. The number of alkyl halides is 2. The SMILES string of the molecule is CC(F)(F)c1ccccc1CCNc1ncc(C#N)c(N[C@@H]2C[C@H](O)C2(C)C)n1. The Morgan fingerprint density at radius 3 is 2.69 bits per heavy atom. The number of hydrogen-bond acceptors (Lipinski definition) is 6. The first kappa shape index (κ1) is 20.9. The quantitative estimate of drug-likeness (QED) is 0.655. The number of nitriles is 1. The fraction of sp³-hybridized carbons (Fsp3) is 0.476. The van der Waals surface area contributed by atoms with Crippen LogP contribution in [0.2, 0.25) is 0 Å². The van der Waals surface area contributed by atoms with Crippen molar-refractivity contribution in [3.8, 4) is 6.07 Å². The molecule has 3 N–H and O–H groups in total. The molecule has 6 nitrogen and oxygen atoms in total. The molecule has 1 aliphatic rings. The van der Waals surface area contributed by atoms with Gasteiger partial charge in [-0.15, -0.1) is 0 Å². The molecule has 3 rings (SSSR count). The van der Waals surface area contributed by atoms with E-state index < -0.39 is 12.0 Å². The van der Waals surface area contributed by atoms with Crippen molar-refractivity contribution >= 4 is 11.8 Å². The number of hydrogen-bond donors (Lipinski definition) is 3. The molecule has 0 amide bonds. The van der Waals surface area contributed by atoms with Crippen molar-refractivity contribution in [1.29, 1.82) is 5.26 Å². The Labute approximate surface area is 169 Å². The predicted octanol–water partition coefficient (Wildman–Crippen LogP) is 3.69. The summed E-state index contributed by atoms with van der Waals surface area (Å²) in [5.74, 6) is -2.20. The number of halogens is 2. The van der Waals surface area contributed by atoms with Gasteiger partial charge in [-0.3, -0.25) is 0 Å². The highest BCUT2D eigenvalue weighted by molar-refractivity contribution is 5.54. The van der Waals surface area contributed by atoms with Crippen LogP contribution in [-0.2, 0) is 12.3 Å². The summed E-state index contributed by atoms with van der Waals surface area (Å²) in [6.07, 6.45) is 1.98. The van der Waals surface area contributed by atoms with Gasteiger partial charge in [0.25, 0.3) is 5.92 Å². The molecule has 0 spiro atoms. The van der Waals surface area contributed by atoms with Gasteiger partial charge < -0.3 is 15.7 Å². The van der Waals surface area contributed by atoms with E-state index in [9.17, 15) is 19.1 Å². The zero-order chi connectivity index (χ0) is 21.2. The Morgan fingerprint density at radius 1 is 1.34 bits per heavy atom. The largest absolute Gasteiger partial charge is 0.392 e. The van der Waals surface area contributed by atoms with Crippen LogP contribution in [0.5, 0.6) is 0 Å². The normalized spacial score (nSPS) is 20.4. The Hall–Kier alpha value is -2.79. The second-order valence-corrected chi connectivity index (χ2v) is 8.06. The molecule has 1 saturated carbocycles. The minimum atomic E-state index is -2.90. The van der Waals surface area contributed by atoms with Gasteiger partial charge in [0.15, 0.2) is 0 Å². The van der Waals surface area contributed by atoms with Crippen LogP contribution in [0, 0.1) is 16.7 Å². The Kier molecular flexibility index (Phi) is 5.71. The van der Waals surface area contributed by atoms with Gasteiger partial charge in [0.05, 0.1) is 12.3 Å². The highest BCUT2D eigenvalue weighted by atomic mass is 19.3. The average Bonchev–Trinajstić information content (AvgIpc) is 2.67. The molecule has 2 atom stereocenters. The molecule has 1 aromatic carbocycles. The monoisotopic (exact) mass is 401 g/mol. The van der Waals surface area contributed by atoms with Crippen LogP contribution < -0.4 is 10.6 Å². The highest BCUT2D eigenvalue weighted by Crippen LogP contribution is 2.42. The molecule has 0 bridgehead atoms. The van der Waals surface area contributed by atoms with Crippen LogP contribution in [0.15, 0.2) is 30.5 Å². The summed E-state index contributed by atoms with van der Waals surface area (Å²) in [6, 6.07) is 8.51. The van der Waals surface area contributed by atoms with Crippen molar-refractivity contribution in [2.45, 2.75) is 51.7 Å². The lowest BCUT2D eigenvalue weighted by Crippen LogP contribution is -2.57. The second kappa shape index (κ2) is 7.91. The maximum Gasteiger partial charge on any atom is 0.270 e. The first-order valence-corrected chi connectivity index (χ1v) is 9.54. The lowest BCUT2D eigenvalue weighted by Gasteiger charge is -2.49. The third kappa shape index (κ3) is 4.46. The van der Waals surface area contributed by atoms with E-state index in [1.54, 1.807) is 18.2 Å². The van der Waals surface area contributed by atoms with Crippen molar-refractivity contribution in [2.75, 3.05) is 17.2 Å². The van der Waals surface area contributed by atoms with Gasteiger partial charge >= 0.3 is 0 Å². The van der Waals surface area contributed by atoms with Crippen LogP contribution >= 0.6 is 0 Å². The fourth-order valence-corrected chi connectivity index (χ4v) is 3.45. The van der Waals surface area contributed by atoms with Gasteiger partial charge in [-0.25, -0.2) is 13.8 Å². The number of anilines is 2. The number of nitrogens with one attached hydrogen (secondary N) is 2. The molecule has 2 aromatic rings. The summed E-state index contributed by atoms with van der Waals surface area (Å²) < 4.78 is 27.5. The third-order valence-electron chi connectivity index (χ3n) is 5.60. The number of benzene rings is 1. The van der Waals surface area contributed by atoms with E-state index in [0.29, 0.717) is 42.3 Å². The smallest absolute Gasteiger partial charge is 0.270 e. The molecule has 0 radical (unpaired) electrons. The maximum atomic E-state index is 13.8. The lowest BCUT2D eigenvalue weighted by atomic mass is 9.64. The van der Waals surface area contributed by atoms with Gasteiger partial charge in [0.2, 0.25) is 5.95 Å². The fourth-order valence-electron chi connectivity index (χ4n) is 3.45. The summed E-state index contributed by atoms with van der Waals surface area (Å²) in [6.45, 7) is 5.16. The van der Waals surface area contributed by atoms with Crippen molar-refractivity contribution in [3.63, 3.8) is 0 Å². The van der Waals surface area contributed by atoms with Crippen LogP contribution in [0.3, 0.4) is 0 Å². The molecular formula is C21H25F2N5O. The van der Waals surface area contributed by atoms with E-state index in [4.69, 9.17) is 0 Å². The molecule has 0 unspecified atom stereocenters. The Morgan fingerprint density at radius 2 is 2.07 bits per heavy atom. The summed E-state index contributed by atoms with van der Waals surface area (Å²) in [5.41, 5.74) is 0.560. The Bertz CT molecular complexity index is 920. The molecule has 1 heterocycles. The molecule has 0 saturated heterocycles. The number of rotatable bonds is 7. The van der Waals surface area contributed by atoms with Crippen molar-refractivity contribution < 1.29 is 13.9 Å². The lowest BCUT2D eigenvalue weighted by molar-refractivity contribution is -0.0511. The van der Waals surface area contributed by atoms with E-state index in [2.05, 4.69) is 26.7 Å². The predicted molar refractivity (Wildman–Crippen MR) is 107 cm³/mol. The molecule has 1 aromatic heterocycles. The van der Waals surface area contributed by atoms with E-state index >= 15 is 0 Å². The third-order valence-corrected chi connectivity index (χ3v) is 5.60. The minimum absolute atomic E-state index is 0.00832. The van der Waals surface area contributed by atoms with E-state index in [1.165, 1.54) is 12.3 Å². The molecule has 0 aliphatic heterocycles. The summed E-state index contributed by atoms with van der Waals surface area (Å²) >= 11 is 0.